The second kappa shape index (κ2) is 17.5. The average molecular weight is 679 g/mol. The Morgan fingerprint density at radius 2 is 1.24 bits per heavy atom. The lowest BCUT2D eigenvalue weighted by molar-refractivity contribution is 0.0586. The Hall–Kier alpha value is -5.15. The number of aliphatic hydroxyl groups is 1. The van der Waals surface area contributed by atoms with E-state index in [1.807, 2.05) is 77.9 Å². The first-order valence-electron chi connectivity index (χ1n) is 16.9. The van der Waals surface area contributed by atoms with Crippen molar-refractivity contribution in [3.8, 4) is 6.07 Å². The molecule has 4 aromatic rings. The number of methoxy groups -OCH3 is 1. The van der Waals surface area contributed by atoms with Gasteiger partial charge in [0.25, 0.3) is 0 Å². The van der Waals surface area contributed by atoms with Gasteiger partial charge in [0.1, 0.15) is 11.5 Å². The second-order valence-corrected chi connectivity index (χ2v) is 14.2. The molecule has 50 heavy (non-hydrogen) atoms. The average Bonchev–Trinajstić information content (AvgIpc) is 3.53. The predicted octanol–water partition coefficient (Wildman–Crippen LogP) is 9.48. The van der Waals surface area contributed by atoms with E-state index >= 15 is 0 Å². The third-order valence-electron chi connectivity index (χ3n) is 8.52. The van der Waals surface area contributed by atoms with E-state index in [0.29, 0.717) is 30.9 Å². The molecule has 2 heterocycles. The van der Waals surface area contributed by atoms with Crippen LogP contribution >= 0.6 is 0 Å². The van der Waals surface area contributed by atoms with Crippen LogP contribution in [0.3, 0.4) is 0 Å². The van der Waals surface area contributed by atoms with Crippen LogP contribution in [0.5, 0.6) is 0 Å². The molecular formula is C41H54N6O3. The number of rotatable bonds is 6. The molecule has 0 aliphatic heterocycles. The molecule has 0 bridgehead atoms. The summed E-state index contributed by atoms with van der Waals surface area (Å²) in [6.45, 7) is 33.4. The molecule has 0 spiro atoms. The van der Waals surface area contributed by atoms with Crippen LogP contribution in [0.25, 0.3) is 16.3 Å². The van der Waals surface area contributed by atoms with Crippen LogP contribution in [0.15, 0.2) is 48.5 Å². The number of carbonyl (C=O) groups is 1. The number of esters is 1. The number of hydrogen-bond donors (Lipinski definition) is 1. The number of aryl methyl sites for hydroxylation is 4. The van der Waals surface area contributed by atoms with Gasteiger partial charge in [-0.2, -0.15) is 15.5 Å². The fourth-order valence-corrected chi connectivity index (χ4v) is 5.16. The van der Waals surface area contributed by atoms with Crippen molar-refractivity contribution in [2.45, 2.75) is 113 Å². The minimum absolute atomic E-state index is 0.00606. The molecule has 0 aliphatic rings. The lowest BCUT2D eigenvalue weighted by Gasteiger charge is -2.19. The van der Waals surface area contributed by atoms with Crippen molar-refractivity contribution >= 4 is 17.4 Å². The summed E-state index contributed by atoms with van der Waals surface area (Å²) in [5, 5.41) is 27.9. The highest BCUT2D eigenvalue weighted by molar-refractivity contribution is 5.90. The number of aliphatic hydroxyl groups excluding tert-OH is 1. The summed E-state index contributed by atoms with van der Waals surface area (Å²) in [7, 11) is 1.38. The highest BCUT2D eigenvalue weighted by Crippen LogP contribution is 2.31. The number of aromatic nitrogens is 4. The van der Waals surface area contributed by atoms with Gasteiger partial charge < -0.3 is 9.84 Å². The summed E-state index contributed by atoms with van der Waals surface area (Å²) in [6.07, 6.45) is 0.504. The van der Waals surface area contributed by atoms with Crippen LogP contribution < -0.4 is 0 Å². The third-order valence-corrected chi connectivity index (χ3v) is 8.52. The van der Waals surface area contributed by atoms with Crippen LogP contribution in [0.4, 0.5) is 0 Å². The molecule has 4 rings (SSSR count). The lowest BCUT2D eigenvalue weighted by atomic mass is 9.86. The number of nitrogens with zero attached hydrogens (tertiary/aromatic N) is 6. The molecule has 0 fully saturated rings. The van der Waals surface area contributed by atoms with Crippen molar-refractivity contribution in [3.05, 3.63) is 116 Å². The standard InChI is InChI=1S/C20H25N3O.C12H15N.C9H14N2O2/c1-8-23-18(13(2)14(3)22-23)19(24)17(21-7)15-9-11-16(12-10-15)20(4,5)6;1-12(2,3)11-6-4-10(5-7-11)8-9-13;1-5-11-8(9(12)13-4)6(2)7(3)10-11/h9-12,24H,8H2,1-6H3;4-7H,8H2,1-3H3;5H2,1-4H3. The first-order valence-corrected chi connectivity index (χ1v) is 16.9. The minimum atomic E-state index is -0.319. The van der Waals surface area contributed by atoms with E-state index in [2.05, 4.69) is 79.5 Å². The van der Waals surface area contributed by atoms with Crippen LogP contribution in [0.2, 0.25) is 0 Å². The SMILES string of the molecule is CC(C)(C)c1ccc(CC#N)cc1.CCn1nc(C)c(C)c1C(=O)OC.[C-]#[N+]C(=C(O)c1c(C)c(C)nn1CC)c1ccc(C(C)(C)C)cc1. The fraction of sp³-hybridized carbons (Fsp3) is 0.439. The summed E-state index contributed by atoms with van der Waals surface area (Å²) >= 11 is 0. The Bertz CT molecular complexity index is 1870. The van der Waals surface area contributed by atoms with Gasteiger partial charge in [0.15, 0.2) is 0 Å². The fourth-order valence-electron chi connectivity index (χ4n) is 5.16. The van der Waals surface area contributed by atoms with E-state index in [-0.39, 0.29) is 28.3 Å². The maximum atomic E-state index is 11.3. The molecule has 1 N–H and O–H groups in total. The Morgan fingerprint density at radius 3 is 1.62 bits per heavy atom. The normalized spacial score (nSPS) is 11.6. The van der Waals surface area contributed by atoms with Crippen LogP contribution in [0.1, 0.15) is 116 Å². The predicted molar refractivity (Wildman–Crippen MR) is 202 cm³/mol. The third kappa shape index (κ3) is 10.2. The smallest absolute Gasteiger partial charge is 0.356 e. The number of ether oxygens (including phenoxy) is 1. The number of carbonyl (C=O) groups excluding carboxylic acids is 1. The Morgan fingerprint density at radius 1 is 0.820 bits per heavy atom. The van der Waals surface area contributed by atoms with E-state index < -0.39 is 0 Å². The van der Waals surface area contributed by atoms with Crippen LogP contribution in [-0.2, 0) is 35.1 Å². The van der Waals surface area contributed by atoms with Gasteiger partial charge in [0.2, 0.25) is 5.70 Å². The molecule has 0 unspecified atom stereocenters. The van der Waals surface area contributed by atoms with Gasteiger partial charge in [-0.3, -0.25) is 9.36 Å². The summed E-state index contributed by atoms with van der Waals surface area (Å²) < 4.78 is 8.08. The van der Waals surface area contributed by atoms with Crippen molar-refractivity contribution in [2.75, 3.05) is 7.11 Å². The molecular weight excluding hydrogens is 624 g/mol. The number of nitriles is 1. The van der Waals surface area contributed by atoms with Crippen molar-refractivity contribution < 1.29 is 14.6 Å². The van der Waals surface area contributed by atoms with Crippen molar-refractivity contribution in [1.29, 1.82) is 5.26 Å². The Labute approximate surface area is 299 Å². The number of hydrogen-bond acceptors (Lipinski definition) is 6. The summed E-state index contributed by atoms with van der Waals surface area (Å²) in [4.78, 5) is 14.9. The molecule has 9 heteroatoms. The van der Waals surface area contributed by atoms with Crippen LogP contribution in [0, 0.1) is 45.6 Å². The molecule has 2 aromatic heterocycles. The molecule has 0 atom stereocenters. The van der Waals surface area contributed by atoms with E-state index in [1.165, 1.54) is 18.2 Å². The van der Waals surface area contributed by atoms with E-state index in [0.717, 1.165) is 33.6 Å². The van der Waals surface area contributed by atoms with Gasteiger partial charge in [-0.05, 0) is 80.2 Å². The largest absolute Gasteiger partial charge is 0.517 e. The molecule has 9 nitrogen and oxygen atoms in total. The van der Waals surface area contributed by atoms with Gasteiger partial charge >= 0.3 is 5.97 Å². The zero-order chi connectivity index (χ0) is 38.0. The van der Waals surface area contributed by atoms with E-state index in [9.17, 15) is 9.90 Å². The molecule has 0 saturated heterocycles. The Kier molecular flexibility index (Phi) is 14.3. The molecule has 0 radical (unpaired) electrons. The highest BCUT2D eigenvalue weighted by atomic mass is 16.5. The molecule has 266 valence electrons. The monoisotopic (exact) mass is 678 g/mol. The van der Waals surface area contributed by atoms with E-state index in [1.54, 1.807) is 9.36 Å². The summed E-state index contributed by atoms with van der Waals surface area (Å²) in [6, 6.07) is 18.3. The van der Waals surface area contributed by atoms with E-state index in [4.69, 9.17) is 11.8 Å². The first kappa shape index (κ1) is 41.0. The topological polar surface area (TPSA) is 110 Å². The van der Waals surface area contributed by atoms with Crippen molar-refractivity contribution in [3.63, 3.8) is 0 Å². The van der Waals surface area contributed by atoms with Crippen molar-refractivity contribution in [1.82, 2.24) is 19.6 Å². The van der Waals surface area contributed by atoms with Crippen LogP contribution in [-0.4, -0.2) is 37.7 Å². The zero-order valence-corrected chi connectivity index (χ0v) is 32.2. The second-order valence-electron chi connectivity index (χ2n) is 14.2. The molecule has 0 aliphatic carbocycles. The van der Waals surface area contributed by atoms with Gasteiger partial charge in [-0.15, -0.1) is 0 Å². The summed E-state index contributed by atoms with van der Waals surface area (Å²) in [5.41, 5.74) is 9.56. The summed E-state index contributed by atoms with van der Waals surface area (Å²) in [5.74, 6) is -0.326. The Balaban J connectivity index is 0.000000283. The maximum Gasteiger partial charge on any atom is 0.356 e. The molecule has 2 aromatic carbocycles. The van der Waals surface area contributed by atoms with Crippen molar-refractivity contribution in [2.24, 2.45) is 0 Å². The lowest BCUT2D eigenvalue weighted by Crippen LogP contribution is -2.11. The first-order chi connectivity index (χ1) is 23.4. The minimum Gasteiger partial charge on any atom is -0.517 e. The molecule has 0 amide bonds. The van der Waals surface area contributed by atoms with Gasteiger partial charge in [-0.25, -0.2) is 9.64 Å². The van der Waals surface area contributed by atoms with Gasteiger partial charge in [0, 0.05) is 18.7 Å². The highest BCUT2D eigenvalue weighted by Gasteiger charge is 2.21. The number of benzene rings is 2. The quantitative estimate of drug-likeness (QED) is 0.124. The molecule has 0 saturated carbocycles. The zero-order valence-electron chi connectivity index (χ0n) is 32.2. The van der Waals surface area contributed by atoms with Gasteiger partial charge in [-0.1, -0.05) is 90.1 Å². The maximum absolute atomic E-state index is 11.3. The van der Waals surface area contributed by atoms with Gasteiger partial charge in [0.05, 0.1) is 43.3 Å².